The van der Waals surface area contributed by atoms with Crippen molar-refractivity contribution in [3.8, 4) is 0 Å². The molecule has 1 fully saturated rings. The molecule has 1 amide bonds. The van der Waals surface area contributed by atoms with Gasteiger partial charge in [0.1, 0.15) is 10.7 Å². The molecule has 2 N–H and O–H groups in total. The van der Waals surface area contributed by atoms with Gasteiger partial charge in [-0.15, -0.1) is 0 Å². The minimum Gasteiger partial charge on any atom is -0.341 e. The van der Waals surface area contributed by atoms with E-state index in [1.54, 1.807) is 7.05 Å². The standard InChI is InChI=1S/C12H14ClFN2O3S/c1-16(6-7-2-3-7)12(17)8-4-11(20(15,18)19)9(13)5-10(8)14/h4-5,7H,2-3,6H2,1H3,(H2,15,18,19). The highest BCUT2D eigenvalue weighted by Gasteiger charge is 2.27. The van der Waals surface area contributed by atoms with Crippen molar-refractivity contribution >= 4 is 27.5 Å². The van der Waals surface area contributed by atoms with Gasteiger partial charge in [0.25, 0.3) is 5.91 Å². The summed E-state index contributed by atoms with van der Waals surface area (Å²) in [5.41, 5.74) is -0.346. The van der Waals surface area contributed by atoms with E-state index in [4.69, 9.17) is 16.7 Å². The number of nitrogens with zero attached hydrogens (tertiary/aromatic N) is 1. The van der Waals surface area contributed by atoms with Gasteiger partial charge >= 0.3 is 0 Å². The Labute approximate surface area is 121 Å². The second-order valence-corrected chi connectivity index (χ2v) is 6.87. The molecule has 1 aliphatic rings. The molecule has 0 saturated heterocycles. The molecule has 0 atom stereocenters. The molecule has 1 aliphatic carbocycles. The van der Waals surface area contributed by atoms with Crippen molar-refractivity contribution in [2.45, 2.75) is 17.7 Å². The molecule has 0 aliphatic heterocycles. The number of nitrogens with two attached hydrogens (primary N) is 1. The van der Waals surface area contributed by atoms with Crippen LogP contribution in [-0.4, -0.2) is 32.8 Å². The molecule has 0 unspecified atom stereocenters. The molecule has 1 saturated carbocycles. The Balaban J connectivity index is 2.37. The first-order chi connectivity index (χ1) is 9.20. The van der Waals surface area contributed by atoms with Gasteiger partial charge in [0.2, 0.25) is 10.0 Å². The molecule has 0 heterocycles. The van der Waals surface area contributed by atoms with Crippen molar-refractivity contribution in [3.05, 3.63) is 28.5 Å². The SMILES string of the molecule is CN(CC1CC1)C(=O)c1cc(S(N)(=O)=O)c(Cl)cc1F. The van der Waals surface area contributed by atoms with E-state index in [1.165, 1.54) is 4.90 Å². The predicted octanol–water partition coefficient (Wildman–Crippen LogP) is 1.61. The van der Waals surface area contributed by atoms with Crippen LogP contribution in [0.15, 0.2) is 17.0 Å². The number of sulfonamides is 1. The van der Waals surface area contributed by atoms with Gasteiger partial charge < -0.3 is 4.90 Å². The van der Waals surface area contributed by atoms with E-state index in [9.17, 15) is 17.6 Å². The third-order valence-corrected chi connectivity index (χ3v) is 4.51. The van der Waals surface area contributed by atoms with Crippen LogP contribution in [0.1, 0.15) is 23.2 Å². The van der Waals surface area contributed by atoms with Gasteiger partial charge in [0, 0.05) is 13.6 Å². The van der Waals surface area contributed by atoms with Gasteiger partial charge in [-0.1, -0.05) is 11.6 Å². The van der Waals surface area contributed by atoms with E-state index in [1.807, 2.05) is 0 Å². The fourth-order valence-electron chi connectivity index (χ4n) is 1.89. The van der Waals surface area contributed by atoms with Crippen LogP contribution in [0.5, 0.6) is 0 Å². The molecule has 0 aromatic heterocycles. The minimum atomic E-state index is -4.11. The summed E-state index contributed by atoms with van der Waals surface area (Å²) in [7, 11) is -2.57. The van der Waals surface area contributed by atoms with Crippen molar-refractivity contribution < 1.29 is 17.6 Å². The molecule has 20 heavy (non-hydrogen) atoms. The summed E-state index contributed by atoms with van der Waals surface area (Å²) >= 11 is 5.64. The maximum atomic E-state index is 13.8. The topological polar surface area (TPSA) is 80.5 Å². The Morgan fingerprint density at radius 3 is 2.60 bits per heavy atom. The van der Waals surface area contributed by atoms with Crippen molar-refractivity contribution in [2.75, 3.05) is 13.6 Å². The third kappa shape index (κ3) is 3.28. The molecule has 0 radical (unpaired) electrons. The average molecular weight is 321 g/mol. The number of carbonyl (C=O) groups is 1. The number of halogens is 2. The summed E-state index contributed by atoms with van der Waals surface area (Å²) in [4.78, 5) is 13.0. The smallest absolute Gasteiger partial charge is 0.256 e. The Kier molecular flexibility index (Phi) is 4.04. The first kappa shape index (κ1) is 15.2. The molecule has 2 rings (SSSR count). The number of rotatable bonds is 4. The van der Waals surface area contributed by atoms with E-state index < -0.39 is 26.6 Å². The van der Waals surface area contributed by atoms with Crippen LogP contribution in [0.4, 0.5) is 4.39 Å². The molecular weight excluding hydrogens is 307 g/mol. The number of primary sulfonamides is 1. The predicted molar refractivity (Wildman–Crippen MR) is 72.5 cm³/mol. The normalized spacial score (nSPS) is 15.2. The summed E-state index contributed by atoms with van der Waals surface area (Å²) in [5.74, 6) is -1.01. The molecule has 110 valence electrons. The van der Waals surface area contributed by atoms with Crippen LogP contribution < -0.4 is 5.14 Å². The largest absolute Gasteiger partial charge is 0.341 e. The second kappa shape index (κ2) is 5.31. The van der Waals surface area contributed by atoms with Crippen LogP contribution in [0, 0.1) is 11.7 Å². The summed E-state index contributed by atoms with van der Waals surface area (Å²) < 4.78 is 36.5. The zero-order valence-corrected chi connectivity index (χ0v) is 12.3. The van der Waals surface area contributed by atoms with Crippen molar-refractivity contribution in [3.63, 3.8) is 0 Å². The van der Waals surface area contributed by atoms with Gasteiger partial charge in [0.05, 0.1) is 10.6 Å². The molecule has 1 aromatic carbocycles. The Morgan fingerprint density at radius 1 is 1.50 bits per heavy atom. The third-order valence-electron chi connectivity index (χ3n) is 3.13. The minimum absolute atomic E-state index is 0.341. The van der Waals surface area contributed by atoms with Gasteiger partial charge in [-0.3, -0.25) is 4.79 Å². The number of amides is 1. The number of hydrogen-bond acceptors (Lipinski definition) is 3. The van der Waals surface area contributed by atoms with Gasteiger partial charge in [-0.05, 0) is 30.9 Å². The highest BCUT2D eigenvalue weighted by atomic mass is 35.5. The molecule has 1 aromatic rings. The lowest BCUT2D eigenvalue weighted by molar-refractivity contribution is 0.0784. The lowest BCUT2D eigenvalue weighted by atomic mass is 10.2. The zero-order chi connectivity index (χ0) is 15.1. The van der Waals surface area contributed by atoms with Crippen molar-refractivity contribution in [1.82, 2.24) is 4.90 Å². The average Bonchev–Trinajstić information content (AvgIpc) is 3.10. The van der Waals surface area contributed by atoms with Crippen LogP contribution in [0.25, 0.3) is 0 Å². The van der Waals surface area contributed by atoms with Crippen LogP contribution in [0.2, 0.25) is 5.02 Å². The quantitative estimate of drug-likeness (QED) is 0.915. The van der Waals surface area contributed by atoms with Gasteiger partial charge in [-0.25, -0.2) is 17.9 Å². The maximum absolute atomic E-state index is 13.8. The Bertz CT molecular complexity index is 659. The second-order valence-electron chi connectivity index (χ2n) is 4.94. The first-order valence-electron chi connectivity index (χ1n) is 5.97. The molecule has 5 nitrogen and oxygen atoms in total. The number of hydrogen-bond donors (Lipinski definition) is 1. The maximum Gasteiger partial charge on any atom is 0.256 e. The Morgan fingerprint density at radius 2 is 2.10 bits per heavy atom. The summed E-state index contributed by atoms with van der Waals surface area (Å²) in [6.45, 7) is 0.519. The summed E-state index contributed by atoms with van der Waals surface area (Å²) in [6, 6.07) is 1.68. The fraction of sp³-hybridized carbons (Fsp3) is 0.417. The zero-order valence-electron chi connectivity index (χ0n) is 10.8. The van der Waals surface area contributed by atoms with E-state index in [0.29, 0.717) is 12.5 Å². The lowest BCUT2D eigenvalue weighted by Crippen LogP contribution is -2.30. The highest BCUT2D eigenvalue weighted by Crippen LogP contribution is 2.30. The monoisotopic (exact) mass is 320 g/mol. The van der Waals surface area contributed by atoms with E-state index >= 15 is 0 Å². The van der Waals surface area contributed by atoms with Crippen LogP contribution in [-0.2, 0) is 10.0 Å². The van der Waals surface area contributed by atoms with Gasteiger partial charge in [-0.2, -0.15) is 0 Å². The molecular formula is C12H14ClFN2O3S. The van der Waals surface area contributed by atoms with Crippen molar-refractivity contribution in [1.29, 1.82) is 0 Å². The van der Waals surface area contributed by atoms with Crippen molar-refractivity contribution in [2.24, 2.45) is 11.1 Å². The summed E-state index contributed by atoms with van der Waals surface area (Å²) in [5, 5.41) is 4.64. The van der Waals surface area contributed by atoms with E-state index in [0.717, 1.165) is 25.0 Å². The van der Waals surface area contributed by atoms with Crippen LogP contribution in [0.3, 0.4) is 0 Å². The van der Waals surface area contributed by atoms with Gasteiger partial charge in [0.15, 0.2) is 0 Å². The number of benzene rings is 1. The lowest BCUT2D eigenvalue weighted by Gasteiger charge is -2.17. The Hall–Kier alpha value is -1.18. The number of carbonyl (C=O) groups excluding carboxylic acids is 1. The summed E-state index contributed by atoms with van der Waals surface area (Å²) in [6.07, 6.45) is 2.09. The highest BCUT2D eigenvalue weighted by molar-refractivity contribution is 7.89. The fourth-order valence-corrected chi connectivity index (χ4v) is 2.97. The van der Waals surface area contributed by atoms with Crippen LogP contribution >= 0.6 is 11.6 Å². The van der Waals surface area contributed by atoms with E-state index in [2.05, 4.69) is 0 Å². The molecule has 0 bridgehead atoms. The first-order valence-corrected chi connectivity index (χ1v) is 7.90. The van der Waals surface area contributed by atoms with E-state index in [-0.39, 0.29) is 10.6 Å². The molecule has 0 spiro atoms. The molecule has 8 heteroatoms.